The molecule has 6 nitrogen and oxygen atoms in total. The van der Waals surface area contributed by atoms with Crippen LogP contribution in [0.1, 0.15) is 0 Å². The molecule has 0 fully saturated rings. The van der Waals surface area contributed by atoms with Crippen LogP contribution in [0.4, 0.5) is 10.5 Å². The van der Waals surface area contributed by atoms with E-state index in [1.807, 2.05) is 30.5 Å². The molecule has 0 spiro atoms. The van der Waals surface area contributed by atoms with Crippen LogP contribution < -0.4 is 10.6 Å². The van der Waals surface area contributed by atoms with Crippen molar-refractivity contribution in [1.82, 2.24) is 20.1 Å². The summed E-state index contributed by atoms with van der Waals surface area (Å²) in [5, 5.41) is 10.5. The van der Waals surface area contributed by atoms with Crippen LogP contribution in [0.3, 0.4) is 0 Å². The summed E-state index contributed by atoms with van der Waals surface area (Å²) in [5.41, 5.74) is 2.28. The minimum Gasteiger partial charge on any atom is -0.336 e. The van der Waals surface area contributed by atoms with Crippen molar-refractivity contribution in [3.63, 3.8) is 0 Å². The van der Waals surface area contributed by atoms with Gasteiger partial charge in [0.2, 0.25) is 0 Å². The van der Waals surface area contributed by atoms with E-state index in [2.05, 4.69) is 20.7 Å². The maximum Gasteiger partial charge on any atom is 0.319 e. The van der Waals surface area contributed by atoms with Crippen LogP contribution in [0.2, 0.25) is 5.02 Å². The molecule has 0 unspecified atom stereocenters. The first-order valence-electron chi connectivity index (χ1n) is 7.46. The van der Waals surface area contributed by atoms with Crippen molar-refractivity contribution in [1.29, 1.82) is 0 Å². The minimum absolute atomic E-state index is 0.283. The minimum atomic E-state index is -0.283. The van der Waals surface area contributed by atoms with Crippen LogP contribution in [0.5, 0.6) is 0 Å². The Balaban J connectivity index is 1.48. The number of hydrogen-bond donors (Lipinski definition) is 2. The standard InChI is InChI=1S/C17H16ClN5O/c18-13-4-3-5-14(12-13)21-17(24)20-9-11-23-10-7-16(22-23)15-6-1-2-8-19-15/h1-8,10,12H,9,11H2,(H2,20,21,24). The predicted octanol–water partition coefficient (Wildman–Crippen LogP) is 3.42. The summed E-state index contributed by atoms with van der Waals surface area (Å²) in [6.45, 7) is 1.02. The summed E-state index contributed by atoms with van der Waals surface area (Å²) in [5.74, 6) is 0. The second-order valence-electron chi connectivity index (χ2n) is 5.07. The second kappa shape index (κ2) is 7.61. The van der Waals surface area contributed by atoms with E-state index >= 15 is 0 Å². The van der Waals surface area contributed by atoms with Crippen molar-refractivity contribution >= 4 is 23.3 Å². The van der Waals surface area contributed by atoms with Crippen molar-refractivity contribution in [3.8, 4) is 11.4 Å². The second-order valence-corrected chi connectivity index (χ2v) is 5.51. The van der Waals surface area contributed by atoms with E-state index < -0.39 is 0 Å². The van der Waals surface area contributed by atoms with Crippen molar-refractivity contribution in [3.05, 3.63) is 65.9 Å². The van der Waals surface area contributed by atoms with Gasteiger partial charge in [-0.25, -0.2) is 4.79 Å². The Morgan fingerprint density at radius 1 is 1.12 bits per heavy atom. The van der Waals surface area contributed by atoms with Gasteiger partial charge in [0.25, 0.3) is 0 Å². The van der Waals surface area contributed by atoms with Crippen LogP contribution >= 0.6 is 11.6 Å². The highest BCUT2D eigenvalue weighted by Gasteiger charge is 2.04. The van der Waals surface area contributed by atoms with Crippen LogP contribution in [0.25, 0.3) is 11.4 Å². The Labute approximate surface area is 144 Å². The average molecular weight is 342 g/mol. The summed E-state index contributed by atoms with van der Waals surface area (Å²) in [7, 11) is 0. The summed E-state index contributed by atoms with van der Waals surface area (Å²) < 4.78 is 1.77. The molecular formula is C17H16ClN5O. The van der Waals surface area contributed by atoms with E-state index in [9.17, 15) is 4.79 Å². The van der Waals surface area contributed by atoms with Gasteiger partial charge in [-0.2, -0.15) is 5.10 Å². The number of carbonyl (C=O) groups is 1. The summed E-state index contributed by atoms with van der Waals surface area (Å²) in [6, 6.07) is 14.3. The first-order chi connectivity index (χ1) is 11.7. The highest BCUT2D eigenvalue weighted by Crippen LogP contribution is 2.14. The fourth-order valence-corrected chi connectivity index (χ4v) is 2.35. The van der Waals surface area contributed by atoms with Gasteiger partial charge in [0.05, 0.1) is 12.2 Å². The lowest BCUT2D eigenvalue weighted by Crippen LogP contribution is -2.31. The number of urea groups is 1. The quantitative estimate of drug-likeness (QED) is 0.747. The molecule has 2 heterocycles. The van der Waals surface area contributed by atoms with Gasteiger partial charge < -0.3 is 10.6 Å². The number of amides is 2. The van der Waals surface area contributed by atoms with Gasteiger partial charge in [-0.1, -0.05) is 23.7 Å². The normalized spacial score (nSPS) is 10.4. The number of halogens is 1. The smallest absolute Gasteiger partial charge is 0.319 e. The van der Waals surface area contributed by atoms with E-state index in [1.54, 1.807) is 35.1 Å². The Hall–Kier alpha value is -2.86. The summed E-state index contributed by atoms with van der Waals surface area (Å²) in [4.78, 5) is 16.1. The molecule has 7 heteroatoms. The summed E-state index contributed by atoms with van der Waals surface area (Å²) >= 11 is 5.88. The van der Waals surface area contributed by atoms with E-state index in [1.165, 1.54) is 0 Å². The molecule has 0 atom stereocenters. The number of rotatable bonds is 5. The van der Waals surface area contributed by atoms with Crippen molar-refractivity contribution in [2.45, 2.75) is 6.54 Å². The zero-order valence-corrected chi connectivity index (χ0v) is 13.6. The number of carbonyl (C=O) groups excluding carboxylic acids is 1. The topological polar surface area (TPSA) is 71.8 Å². The van der Waals surface area contributed by atoms with Gasteiger partial charge in [-0.05, 0) is 36.4 Å². The molecule has 24 heavy (non-hydrogen) atoms. The highest BCUT2D eigenvalue weighted by molar-refractivity contribution is 6.30. The molecule has 1 aromatic carbocycles. The van der Waals surface area contributed by atoms with Gasteiger partial charge >= 0.3 is 6.03 Å². The molecular weight excluding hydrogens is 326 g/mol. The third-order valence-electron chi connectivity index (χ3n) is 3.28. The molecule has 2 aromatic heterocycles. The molecule has 0 radical (unpaired) electrons. The van der Waals surface area contributed by atoms with Crippen LogP contribution in [0, 0.1) is 0 Å². The Kier molecular flexibility index (Phi) is 5.08. The summed E-state index contributed by atoms with van der Waals surface area (Å²) in [6.07, 6.45) is 3.59. The van der Waals surface area contributed by atoms with Crippen LogP contribution in [-0.4, -0.2) is 27.3 Å². The number of nitrogens with zero attached hydrogens (tertiary/aromatic N) is 3. The van der Waals surface area contributed by atoms with Gasteiger partial charge in [0.1, 0.15) is 5.69 Å². The van der Waals surface area contributed by atoms with E-state index in [4.69, 9.17) is 11.6 Å². The Bertz CT molecular complexity index is 819. The van der Waals surface area contributed by atoms with E-state index in [-0.39, 0.29) is 6.03 Å². The molecule has 2 N–H and O–H groups in total. The molecule has 0 aliphatic rings. The lowest BCUT2D eigenvalue weighted by Gasteiger charge is -2.08. The van der Waals surface area contributed by atoms with Crippen LogP contribution in [0.15, 0.2) is 60.9 Å². The molecule has 3 rings (SSSR count). The van der Waals surface area contributed by atoms with E-state index in [0.29, 0.717) is 23.8 Å². The third-order valence-corrected chi connectivity index (χ3v) is 3.51. The zero-order chi connectivity index (χ0) is 16.8. The molecule has 3 aromatic rings. The van der Waals surface area contributed by atoms with Gasteiger partial charge in [-0.3, -0.25) is 9.67 Å². The SMILES string of the molecule is O=C(NCCn1ccc(-c2ccccn2)n1)Nc1cccc(Cl)c1. The molecule has 122 valence electrons. The van der Waals surface area contributed by atoms with Gasteiger partial charge in [-0.15, -0.1) is 0 Å². The van der Waals surface area contributed by atoms with Crippen molar-refractivity contribution < 1.29 is 4.79 Å². The molecule has 2 amide bonds. The van der Waals surface area contributed by atoms with Gasteiger partial charge in [0.15, 0.2) is 0 Å². The lowest BCUT2D eigenvalue weighted by molar-refractivity contribution is 0.251. The predicted molar refractivity (Wildman–Crippen MR) is 93.9 cm³/mol. The maximum atomic E-state index is 11.8. The molecule has 0 bridgehead atoms. The van der Waals surface area contributed by atoms with E-state index in [0.717, 1.165) is 11.4 Å². The van der Waals surface area contributed by atoms with Crippen molar-refractivity contribution in [2.75, 3.05) is 11.9 Å². The Morgan fingerprint density at radius 3 is 2.83 bits per heavy atom. The average Bonchev–Trinajstić information content (AvgIpc) is 3.04. The monoisotopic (exact) mass is 341 g/mol. The zero-order valence-electron chi connectivity index (χ0n) is 12.8. The number of nitrogens with one attached hydrogen (secondary N) is 2. The number of anilines is 1. The largest absolute Gasteiger partial charge is 0.336 e. The number of pyridine rings is 1. The maximum absolute atomic E-state index is 11.8. The van der Waals surface area contributed by atoms with Gasteiger partial charge in [0, 0.05) is 29.6 Å². The lowest BCUT2D eigenvalue weighted by atomic mass is 10.3. The Morgan fingerprint density at radius 2 is 2.04 bits per heavy atom. The molecule has 0 saturated heterocycles. The highest BCUT2D eigenvalue weighted by atomic mass is 35.5. The number of hydrogen-bond acceptors (Lipinski definition) is 3. The fourth-order valence-electron chi connectivity index (χ4n) is 2.16. The third kappa shape index (κ3) is 4.33. The first-order valence-corrected chi connectivity index (χ1v) is 7.84. The first kappa shape index (κ1) is 16.0. The number of benzene rings is 1. The molecule has 0 aliphatic heterocycles. The molecule has 0 aliphatic carbocycles. The number of aromatic nitrogens is 3. The van der Waals surface area contributed by atoms with Crippen LogP contribution in [-0.2, 0) is 6.54 Å². The van der Waals surface area contributed by atoms with Crippen molar-refractivity contribution in [2.24, 2.45) is 0 Å². The fraction of sp³-hybridized carbons (Fsp3) is 0.118. The molecule has 0 saturated carbocycles.